The fraction of sp³-hybridized carbons (Fsp3) is 0.650. The maximum Gasteiger partial charge on any atom is 0.225 e. The molecule has 2 aliphatic rings. The molecule has 3 nitrogen and oxygen atoms in total. The number of hydrogen-bond donors (Lipinski definition) is 0. The van der Waals surface area contributed by atoms with Crippen molar-refractivity contribution in [2.24, 2.45) is 5.92 Å². The van der Waals surface area contributed by atoms with E-state index < -0.39 is 0 Å². The predicted molar refractivity (Wildman–Crippen MR) is 96.0 cm³/mol. The van der Waals surface area contributed by atoms with Crippen molar-refractivity contribution < 1.29 is 4.79 Å². The first-order valence-corrected chi connectivity index (χ1v) is 9.18. The maximum atomic E-state index is 12.7. The number of amides is 1. The van der Waals surface area contributed by atoms with E-state index in [1.165, 1.54) is 41.6 Å². The highest BCUT2D eigenvalue weighted by molar-refractivity contribution is 5.79. The van der Waals surface area contributed by atoms with Crippen molar-refractivity contribution >= 4 is 11.6 Å². The first-order chi connectivity index (χ1) is 11.1. The summed E-state index contributed by atoms with van der Waals surface area (Å²) in [7, 11) is 0. The van der Waals surface area contributed by atoms with Gasteiger partial charge in [-0.05, 0) is 44.7 Å². The Labute approximate surface area is 140 Å². The Morgan fingerprint density at radius 1 is 0.913 bits per heavy atom. The minimum Gasteiger partial charge on any atom is -0.368 e. The number of anilines is 1. The molecule has 3 heteroatoms. The smallest absolute Gasteiger partial charge is 0.225 e. The number of rotatable bonds is 2. The van der Waals surface area contributed by atoms with E-state index in [9.17, 15) is 4.79 Å². The molecule has 2 fully saturated rings. The van der Waals surface area contributed by atoms with Gasteiger partial charge in [0.15, 0.2) is 0 Å². The third-order valence-corrected chi connectivity index (χ3v) is 5.50. The minimum absolute atomic E-state index is 0.304. The molecule has 1 saturated carbocycles. The van der Waals surface area contributed by atoms with Crippen molar-refractivity contribution in [3.63, 3.8) is 0 Å². The van der Waals surface area contributed by atoms with Gasteiger partial charge in [0.05, 0.1) is 0 Å². The number of nitrogens with zero attached hydrogens (tertiary/aromatic N) is 2. The first-order valence-electron chi connectivity index (χ1n) is 9.18. The lowest BCUT2D eigenvalue weighted by atomic mass is 9.88. The molecular formula is C20H30N2O. The number of piperazine rings is 1. The molecule has 0 bridgehead atoms. The minimum atomic E-state index is 0.304. The van der Waals surface area contributed by atoms with E-state index in [-0.39, 0.29) is 0 Å². The molecule has 0 radical (unpaired) electrons. The van der Waals surface area contributed by atoms with Crippen LogP contribution >= 0.6 is 0 Å². The Balaban J connectivity index is 1.63. The topological polar surface area (TPSA) is 23.6 Å². The lowest BCUT2D eigenvalue weighted by Gasteiger charge is -2.39. The summed E-state index contributed by atoms with van der Waals surface area (Å²) in [5.41, 5.74) is 5.42. The highest BCUT2D eigenvalue weighted by Gasteiger charge is 2.29. The number of benzene rings is 1. The lowest BCUT2D eigenvalue weighted by molar-refractivity contribution is -0.136. The van der Waals surface area contributed by atoms with Crippen LogP contribution in [-0.2, 0) is 4.79 Å². The van der Waals surface area contributed by atoms with Crippen LogP contribution in [-0.4, -0.2) is 37.0 Å². The molecular weight excluding hydrogens is 284 g/mol. The maximum absolute atomic E-state index is 12.7. The molecule has 1 heterocycles. The zero-order chi connectivity index (χ0) is 16.4. The Kier molecular flexibility index (Phi) is 4.93. The van der Waals surface area contributed by atoms with Crippen molar-refractivity contribution in [2.45, 2.75) is 52.9 Å². The second-order valence-corrected chi connectivity index (χ2v) is 7.39. The normalized spacial score (nSPS) is 20.0. The van der Waals surface area contributed by atoms with Crippen LogP contribution in [0.15, 0.2) is 12.1 Å². The number of carbonyl (C=O) groups excluding carboxylic acids is 1. The zero-order valence-electron chi connectivity index (χ0n) is 14.9. The third kappa shape index (κ3) is 3.54. The van der Waals surface area contributed by atoms with Crippen molar-refractivity contribution in [2.75, 3.05) is 31.1 Å². The Morgan fingerprint density at radius 3 is 2.04 bits per heavy atom. The Hall–Kier alpha value is -1.51. The fourth-order valence-electron chi connectivity index (χ4n) is 4.43. The molecule has 0 atom stereocenters. The molecule has 1 aliphatic heterocycles. The summed E-state index contributed by atoms with van der Waals surface area (Å²) >= 11 is 0. The van der Waals surface area contributed by atoms with E-state index in [1.54, 1.807) is 0 Å². The van der Waals surface area contributed by atoms with Gasteiger partial charge in [0, 0.05) is 37.8 Å². The second kappa shape index (κ2) is 6.94. The van der Waals surface area contributed by atoms with Gasteiger partial charge in [-0.2, -0.15) is 0 Å². The molecule has 0 unspecified atom stereocenters. The number of carbonyl (C=O) groups is 1. The van der Waals surface area contributed by atoms with Gasteiger partial charge in [-0.25, -0.2) is 0 Å². The second-order valence-electron chi connectivity index (χ2n) is 7.39. The van der Waals surface area contributed by atoms with Gasteiger partial charge in [-0.3, -0.25) is 4.79 Å². The molecule has 0 aromatic heterocycles. The van der Waals surface area contributed by atoms with Crippen LogP contribution in [0, 0.1) is 26.7 Å². The zero-order valence-corrected chi connectivity index (χ0v) is 14.9. The molecule has 1 aromatic carbocycles. The largest absolute Gasteiger partial charge is 0.368 e. The third-order valence-electron chi connectivity index (χ3n) is 5.50. The van der Waals surface area contributed by atoms with Gasteiger partial charge in [0.25, 0.3) is 0 Å². The van der Waals surface area contributed by atoms with Gasteiger partial charge in [-0.1, -0.05) is 37.0 Å². The first kappa shape index (κ1) is 16.4. The molecule has 1 amide bonds. The average Bonchev–Trinajstić information content (AvgIpc) is 2.55. The van der Waals surface area contributed by atoms with Crippen LogP contribution in [0.25, 0.3) is 0 Å². The summed E-state index contributed by atoms with van der Waals surface area (Å²) in [5, 5.41) is 0. The predicted octanol–water partition coefficient (Wildman–Crippen LogP) is 3.84. The van der Waals surface area contributed by atoms with E-state index in [1.807, 2.05) is 0 Å². The number of hydrogen-bond acceptors (Lipinski definition) is 2. The van der Waals surface area contributed by atoms with Gasteiger partial charge < -0.3 is 9.80 Å². The quantitative estimate of drug-likeness (QED) is 0.828. The molecule has 1 aromatic rings. The molecule has 0 N–H and O–H groups in total. The molecule has 0 spiro atoms. The van der Waals surface area contributed by atoms with Gasteiger partial charge in [0.1, 0.15) is 0 Å². The van der Waals surface area contributed by atoms with Gasteiger partial charge >= 0.3 is 0 Å². The molecule has 1 aliphatic carbocycles. The van der Waals surface area contributed by atoms with Crippen LogP contribution in [0.5, 0.6) is 0 Å². The summed E-state index contributed by atoms with van der Waals surface area (Å²) in [4.78, 5) is 17.3. The lowest BCUT2D eigenvalue weighted by Crippen LogP contribution is -2.51. The monoisotopic (exact) mass is 314 g/mol. The summed E-state index contributed by atoms with van der Waals surface area (Å²) in [5.74, 6) is 0.722. The van der Waals surface area contributed by atoms with Crippen LogP contribution < -0.4 is 4.90 Å². The average molecular weight is 314 g/mol. The summed E-state index contributed by atoms with van der Waals surface area (Å²) in [6.45, 7) is 10.2. The highest BCUT2D eigenvalue weighted by Crippen LogP contribution is 2.29. The van der Waals surface area contributed by atoms with Gasteiger partial charge in [-0.15, -0.1) is 0 Å². The molecule has 23 heavy (non-hydrogen) atoms. The van der Waals surface area contributed by atoms with Crippen LogP contribution in [0.3, 0.4) is 0 Å². The van der Waals surface area contributed by atoms with Crippen LogP contribution in [0.2, 0.25) is 0 Å². The summed E-state index contributed by atoms with van der Waals surface area (Å²) in [6.07, 6.45) is 5.99. The molecule has 126 valence electrons. The van der Waals surface area contributed by atoms with E-state index in [2.05, 4.69) is 42.7 Å². The van der Waals surface area contributed by atoms with Crippen LogP contribution in [0.1, 0.15) is 48.8 Å². The Bertz CT molecular complexity index is 544. The van der Waals surface area contributed by atoms with Gasteiger partial charge in [0.2, 0.25) is 5.91 Å². The van der Waals surface area contributed by atoms with E-state index >= 15 is 0 Å². The van der Waals surface area contributed by atoms with E-state index in [4.69, 9.17) is 0 Å². The van der Waals surface area contributed by atoms with Crippen molar-refractivity contribution in [1.29, 1.82) is 0 Å². The van der Waals surface area contributed by atoms with Crippen molar-refractivity contribution in [1.82, 2.24) is 4.90 Å². The summed E-state index contributed by atoms with van der Waals surface area (Å²) in [6, 6.07) is 4.53. The molecule has 3 rings (SSSR count). The molecule has 1 saturated heterocycles. The van der Waals surface area contributed by atoms with Crippen molar-refractivity contribution in [3.05, 3.63) is 28.8 Å². The van der Waals surface area contributed by atoms with E-state index in [0.717, 1.165) is 39.0 Å². The van der Waals surface area contributed by atoms with E-state index in [0.29, 0.717) is 11.8 Å². The Morgan fingerprint density at radius 2 is 1.48 bits per heavy atom. The summed E-state index contributed by atoms with van der Waals surface area (Å²) < 4.78 is 0. The fourth-order valence-corrected chi connectivity index (χ4v) is 4.43. The van der Waals surface area contributed by atoms with Crippen molar-refractivity contribution in [3.8, 4) is 0 Å². The SMILES string of the molecule is Cc1cc(C)c(N2CCN(C(=O)C3CCCCC3)CC2)c(C)c1. The van der Waals surface area contributed by atoms with Crippen LogP contribution in [0.4, 0.5) is 5.69 Å². The highest BCUT2D eigenvalue weighted by atomic mass is 16.2. The standard InChI is InChI=1S/C20H30N2O/c1-15-13-16(2)19(17(3)14-15)21-9-11-22(12-10-21)20(23)18-7-5-4-6-8-18/h13-14,18H,4-12H2,1-3H3. The number of aryl methyl sites for hydroxylation is 3.